The van der Waals surface area contributed by atoms with Crippen molar-refractivity contribution in [1.82, 2.24) is 10.3 Å². The van der Waals surface area contributed by atoms with Gasteiger partial charge in [0.1, 0.15) is 18.8 Å². The van der Waals surface area contributed by atoms with E-state index in [4.69, 9.17) is 15.2 Å². The number of hydrogen-bond donors (Lipinski definition) is 4. The third kappa shape index (κ3) is 5.33. The highest BCUT2D eigenvalue weighted by Crippen LogP contribution is 2.23. The van der Waals surface area contributed by atoms with Gasteiger partial charge in [-0.3, -0.25) is 0 Å². The molecule has 0 saturated heterocycles. The Balaban J connectivity index is 1.81. The minimum Gasteiger partial charge on any atom is -0.480 e. The maximum absolute atomic E-state index is 11.6. The third-order valence-electron chi connectivity index (χ3n) is 3.47. The predicted molar refractivity (Wildman–Crippen MR) is 90.8 cm³/mol. The van der Waals surface area contributed by atoms with Gasteiger partial charge in [0.15, 0.2) is 0 Å². The fourth-order valence-electron chi connectivity index (χ4n) is 2.11. The standard InChI is InChI=1S/C17H21N3O5/c1-24-16-13(18)7-12(8-19-16)15(22)14(21)9-20-17(23)25-10-11-5-3-2-4-6-11/h2-8,14-15,21-22H,9-10,18H2,1H3,(H,20,23). The molecule has 0 fully saturated rings. The van der Waals surface area contributed by atoms with Crippen LogP contribution >= 0.6 is 0 Å². The number of pyridine rings is 1. The molecule has 2 aromatic rings. The van der Waals surface area contributed by atoms with E-state index >= 15 is 0 Å². The zero-order valence-electron chi connectivity index (χ0n) is 13.8. The van der Waals surface area contributed by atoms with Gasteiger partial charge in [-0.1, -0.05) is 30.3 Å². The normalized spacial score (nSPS) is 12.9. The fraction of sp³-hybridized carbons (Fsp3) is 0.294. The number of nitrogens with two attached hydrogens (primary N) is 1. The minimum atomic E-state index is -1.27. The molecule has 1 aromatic heterocycles. The molecule has 25 heavy (non-hydrogen) atoms. The zero-order valence-corrected chi connectivity index (χ0v) is 13.8. The van der Waals surface area contributed by atoms with Gasteiger partial charge in [-0.2, -0.15) is 0 Å². The molecular formula is C17H21N3O5. The highest BCUT2D eigenvalue weighted by atomic mass is 16.5. The lowest BCUT2D eigenvalue weighted by Crippen LogP contribution is -2.35. The van der Waals surface area contributed by atoms with E-state index in [1.807, 2.05) is 30.3 Å². The quantitative estimate of drug-likeness (QED) is 0.588. The largest absolute Gasteiger partial charge is 0.480 e. The van der Waals surface area contributed by atoms with Gasteiger partial charge in [0, 0.05) is 18.3 Å². The summed E-state index contributed by atoms with van der Waals surface area (Å²) < 4.78 is 9.95. The van der Waals surface area contributed by atoms with Crippen molar-refractivity contribution in [2.75, 3.05) is 19.4 Å². The second-order valence-electron chi connectivity index (χ2n) is 5.32. The number of carbonyl (C=O) groups is 1. The van der Waals surface area contributed by atoms with E-state index < -0.39 is 18.3 Å². The smallest absolute Gasteiger partial charge is 0.407 e. The first-order chi connectivity index (χ1) is 12.0. The fourth-order valence-corrected chi connectivity index (χ4v) is 2.11. The summed E-state index contributed by atoms with van der Waals surface area (Å²) in [6, 6.07) is 10.6. The SMILES string of the molecule is COc1ncc(C(O)C(O)CNC(=O)OCc2ccccc2)cc1N. The first-order valence-corrected chi connectivity index (χ1v) is 7.61. The van der Waals surface area contributed by atoms with Gasteiger partial charge in [0.2, 0.25) is 5.88 Å². The number of rotatable bonds is 7. The van der Waals surface area contributed by atoms with Crippen LogP contribution in [0, 0.1) is 0 Å². The number of hydrogen-bond acceptors (Lipinski definition) is 7. The Morgan fingerprint density at radius 2 is 2.04 bits per heavy atom. The summed E-state index contributed by atoms with van der Waals surface area (Å²) in [6.45, 7) is -0.0784. The molecule has 0 aliphatic carbocycles. The van der Waals surface area contributed by atoms with Crippen LogP contribution in [0.25, 0.3) is 0 Å². The molecule has 5 N–H and O–H groups in total. The van der Waals surface area contributed by atoms with Crippen molar-refractivity contribution >= 4 is 11.8 Å². The van der Waals surface area contributed by atoms with Crippen molar-refractivity contribution in [3.63, 3.8) is 0 Å². The van der Waals surface area contributed by atoms with Crippen molar-refractivity contribution in [3.05, 3.63) is 53.7 Å². The van der Waals surface area contributed by atoms with Gasteiger partial charge in [-0.05, 0) is 11.6 Å². The number of aliphatic hydroxyl groups excluding tert-OH is 2. The second-order valence-corrected chi connectivity index (χ2v) is 5.32. The number of anilines is 1. The molecule has 1 amide bonds. The van der Waals surface area contributed by atoms with Gasteiger partial charge in [-0.25, -0.2) is 9.78 Å². The van der Waals surface area contributed by atoms with Crippen molar-refractivity contribution in [2.45, 2.75) is 18.8 Å². The van der Waals surface area contributed by atoms with Gasteiger partial charge in [0.25, 0.3) is 0 Å². The van der Waals surface area contributed by atoms with E-state index in [0.717, 1.165) is 5.56 Å². The topological polar surface area (TPSA) is 127 Å². The molecule has 8 heteroatoms. The van der Waals surface area contributed by atoms with Crippen molar-refractivity contribution in [1.29, 1.82) is 0 Å². The number of nitrogen functional groups attached to an aromatic ring is 1. The number of carbonyl (C=O) groups excluding carboxylic acids is 1. The first kappa shape index (κ1) is 18.5. The lowest BCUT2D eigenvalue weighted by atomic mass is 10.1. The molecule has 2 rings (SSSR count). The second kappa shape index (κ2) is 8.86. The zero-order chi connectivity index (χ0) is 18.2. The summed E-state index contributed by atoms with van der Waals surface area (Å²) in [5, 5.41) is 22.5. The van der Waals surface area contributed by atoms with Crippen LogP contribution in [0.15, 0.2) is 42.6 Å². The molecule has 0 spiro atoms. The molecule has 1 heterocycles. The lowest BCUT2D eigenvalue weighted by Gasteiger charge is -2.19. The van der Waals surface area contributed by atoms with Crippen LogP contribution in [-0.4, -0.2) is 41.0 Å². The minimum absolute atomic E-state index is 0.115. The average Bonchev–Trinajstić information content (AvgIpc) is 2.64. The molecule has 1 aromatic carbocycles. The maximum atomic E-state index is 11.6. The Morgan fingerprint density at radius 1 is 1.32 bits per heavy atom. The molecule has 0 aliphatic heterocycles. The third-order valence-corrected chi connectivity index (χ3v) is 3.47. The first-order valence-electron chi connectivity index (χ1n) is 7.61. The van der Waals surface area contributed by atoms with Crippen LogP contribution in [0.4, 0.5) is 10.5 Å². The van der Waals surface area contributed by atoms with Gasteiger partial charge in [0.05, 0.1) is 12.8 Å². The highest BCUT2D eigenvalue weighted by Gasteiger charge is 2.21. The van der Waals surface area contributed by atoms with Gasteiger partial charge < -0.3 is 30.7 Å². The number of nitrogens with zero attached hydrogens (tertiary/aromatic N) is 1. The summed E-state index contributed by atoms with van der Waals surface area (Å²) in [6.07, 6.45) is -1.87. The molecule has 0 saturated carbocycles. The molecule has 2 atom stereocenters. The Kier molecular flexibility index (Phi) is 6.55. The van der Waals surface area contributed by atoms with E-state index in [9.17, 15) is 15.0 Å². The predicted octanol–water partition coefficient (Wildman–Crippen LogP) is 0.993. The molecule has 0 aliphatic rings. The molecule has 8 nitrogen and oxygen atoms in total. The monoisotopic (exact) mass is 347 g/mol. The van der Waals surface area contributed by atoms with E-state index in [0.29, 0.717) is 5.56 Å². The number of aromatic nitrogens is 1. The molecule has 134 valence electrons. The van der Waals surface area contributed by atoms with Crippen molar-refractivity contribution < 1.29 is 24.5 Å². The Hall–Kier alpha value is -2.84. The molecule has 0 radical (unpaired) electrons. The summed E-state index contributed by atoms with van der Waals surface area (Å²) in [7, 11) is 1.43. The van der Waals surface area contributed by atoms with E-state index in [2.05, 4.69) is 10.3 Å². The number of amides is 1. The van der Waals surface area contributed by atoms with Crippen LogP contribution in [0.5, 0.6) is 5.88 Å². The number of alkyl carbamates (subject to hydrolysis) is 1. The lowest BCUT2D eigenvalue weighted by molar-refractivity contribution is 0.0182. The number of aliphatic hydroxyl groups is 2. The van der Waals surface area contributed by atoms with Crippen molar-refractivity contribution in [3.8, 4) is 5.88 Å². The Morgan fingerprint density at radius 3 is 2.68 bits per heavy atom. The average molecular weight is 347 g/mol. The van der Waals surface area contributed by atoms with Crippen LogP contribution in [-0.2, 0) is 11.3 Å². The molecular weight excluding hydrogens is 326 g/mol. The Bertz CT molecular complexity index is 696. The Labute approximate surface area is 145 Å². The van der Waals surface area contributed by atoms with Crippen LogP contribution in [0.3, 0.4) is 0 Å². The maximum Gasteiger partial charge on any atom is 0.407 e. The summed E-state index contributed by atoms with van der Waals surface area (Å²) in [5.74, 6) is 0.230. The molecule has 0 bridgehead atoms. The van der Waals surface area contributed by atoms with E-state index in [-0.39, 0.29) is 24.7 Å². The van der Waals surface area contributed by atoms with Gasteiger partial charge >= 0.3 is 6.09 Å². The van der Waals surface area contributed by atoms with E-state index in [1.54, 1.807) is 0 Å². The number of nitrogens with one attached hydrogen (secondary N) is 1. The number of methoxy groups -OCH3 is 1. The van der Waals surface area contributed by atoms with Crippen molar-refractivity contribution in [2.24, 2.45) is 0 Å². The summed E-state index contributed by atoms with van der Waals surface area (Å²) in [4.78, 5) is 15.6. The number of ether oxygens (including phenoxy) is 2. The molecule has 2 unspecified atom stereocenters. The van der Waals surface area contributed by atoms with Crippen LogP contribution < -0.4 is 15.8 Å². The number of benzene rings is 1. The summed E-state index contributed by atoms with van der Waals surface area (Å²) in [5.41, 5.74) is 7.11. The van der Waals surface area contributed by atoms with E-state index in [1.165, 1.54) is 19.4 Å². The summed E-state index contributed by atoms with van der Waals surface area (Å²) >= 11 is 0. The van der Waals surface area contributed by atoms with Gasteiger partial charge in [-0.15, -0.1) is 0 Å². The van der Waals surface area contributed by atoms with Crippen LogP contribution in [0.2, 0.25) is 0 Å². The van der Waals surface area contributed by atoms with Crippen LogP contribution in [0.1, 0.15) is 17.2 Å². The highest BCUT2D eigenvalue weighted by molar-refractivity contribution is 5.67.